The van der Waals surface area contributed by atoms with Crippen LogP contribution in [0.3, 0.4) is 0 Å². The molecular formula is C67H72N6O13. The molecule has 10 rings (SSSR count). The summed E-state index contributed by atoms with van der Waals surface area (Å²) in [5.41, 5.74) is 26.6. The lowest BCUT2D eigenvalue weighted by molar-refractivity contribution is -0.352. The quantitative estimate of drug-likeness (QED) is 0.0262. The van der Waals surface area contributed by atoms with E-state index in [4.69, 9.17) is 56.8 Å². The standard InChI is InChI=1S/C67H72N6O13/c1-75-53-34-32-52(33-35-53)37-76-44-57-62(79-40-48-24-12-4-13-25-48)63(80-41-49-26-14-5-15-27-49)65(82-43-51-30-18-7-19-31-51)67(84-57)86-60-55(71-73-69)36-54(70-72-68)59(58(60)74)85-66-64(81-42-50-28-16-6-17-29-50)61(78-39-47-22-10-3-11-23-47)56(45-83-66)77-38-46-20-8-2-9-21-46/h2-35,54-67,74H,36-45H2,1H3/t54-,55+,56-,57-,58-,59+,60-,61+,62-,63+,64-,65-,66-,67-/m1/s1. The zero-order valence-corrected chi connectivity index (χ0v) is 47.8. The molecule has 1 saturated carbocycles. The second-order valence-electron chi connectivity index (χ2n) is 21.2. The first-order chi connectivity index (χ1) is 42.4. The van der Waals surface area contributed by atoms with E-state index in [1.165, 1.54) is 0 Å². The topological polar surface area (TPSA) is 229 Å². The molecule has 1 aliphatic carbocycles. The van der Waals surface area contributed by atoms with Gasteiger partial charge in [0.15, 0.2) is 12.6 Å². The normalized spacial score (nSPS) is 26.4. The highest BCUT2D eigenvalue weighted by atomic mass is 16.7. The summed E-state index contributed by atoms with van der Waals surface area (Å²) in [6.45, 7) is 1.20. The highest BCUT2D eigenvalue weighted by molar-refractivity contribution is 5.27. The van der Waals surface area contributed by atoms with Crippen LogP contribution in [0.2, 0.25) is 0 Å². The number of methoxy groups -OCH3 is 1. The number of hydrogen-bond donors (Lipinski definition) is 1. The van der Waals surface area contributed by atoms with Crippen LogP contribution in [0.5, 0.6) is 5.75 Å². The molecule has 0 radical (unpaired) electrons. The van der Waals surface area contributed by atoms with Gasteiger partial charge in [0.2, 0.25) is 0 Å². The van der Waals surface area contributed by atoms with Gasteiger partial charge in [-0.3, -0.25) is 0 Å². The Labute approximate surface area is 500 Å². The number of ether oxygens (including phenoxy) is 12. The molecule has 3 fully saturated rings. The fraction of sp³-hybridized carbons (Fsp3) is 0.373. The van der Waals surface area contributed by atoms with Crippen LogP contribution in [0.4, 0.5) is 0 Å². The summed E-state index contributed by atoms with van der Waals surface area (Å²) in [4.78, 5) is 6.41. The lowest BCUT2D eigenvalue weighted by Gasteiger charge is -2.49. The van der Waals surface area contributed by atoms with Gasteiger partial charge in [-0.05, 0) is 68.6 Å². The lowest BCUT2D eigenvalue weighted by atomic mass is 9.84. The van der Waals surface area contributed by atoms with Crippen molar-refractivity contribution >= 4 is 0 Å². The number of azide groups is 2. The first-order valence-corrected chi connectivity index (χ1v) is 28.9. The van der Waals surface area contributed by atoms with E-state index in [9.17, 15) is 16.2 Å². The molecule has 1 N–H and O–H groups in total. The minimum absolute atomic E-state index is 0.00537. The van der Waals surface area contributed by atoms with E-state index in [0.717, 1.165) is 38.9 Å². The molecule has 7 aromatic rings. The maximum absolute atomic E-state index is 13.0. The van der Waals surface area contributed by atoms with Crippen molar-refractivity contribution < 1.29 is 61.9 Å². The summed E-state index contributed by atoms with van der Waals surface area (Å²) in [5.74, 6) is 0.707. The number of benzene rings is 7. The van der Waals surface area contributed by atoms with E-state index in [1.807, 2.05) is 206 Å². The molecule has 0 unspecified atom stereocenters. The molecule has 3 aliphatic rings. The van der Waals surface area contributed by atoms with Crippen molar-refractivity contribution in [3.63, 3.8) is 0 Å². The monoisotopic (exact) mass is 1170 g/mol. The van der Waals surface area contributed by atoms with E-state index in [-0.39, 0.29) is 65.9 Å². The van der Waals surface area contributed by atoms with E-state index in [2.05, 4.69) is 20.1 Å². The van der Waals surface area contributed by atoms with Gasteiger partial charge in [-0.15, -0.1) is 0 Å². The molecule has 7 aromatic carbocycles. The van der Waals surface area contributed by atoms with Crippen LogP contribution in [0.1, 0.15) is 45.4 Å². The fourth-order valence-corrected chi connectivity index (χ4v) is 10.9. The lowest BCUT2D eigenvalue weighted by Crippen LogP contribution is -2.65. The molecule has 0 amide bonds. The Morgan fingerprint density at radius 1 is 0.430 bits per heavy atom. The van der Waals surface area contributed by atoms with Gasteiger partial charge < -0.3 is 61.9 Å². The highest BCUT2D eigenvalue weighted by Crippen LogP contribution is 2.38. The maximum atomic E-state index is 13.0. The van der Waals surface area contributed by atoms with Gasteiger partial charge in [0.25, 0.3) is 0 Å². The summed E-state index contributed by atoms with van der Waals surface area (Å²) >= 11 is 0. The van der Waals surface area contributed by atoms with Crippen molar-refractivity contribution in [1.29, 1.82) is 0 Å². The average molecular weight is 1170 g/mol. The molecule has 2 heterocycles. The van der Waals surface area contributed by atoms with Gasteiger partial charge in [0.1, 0.15) is 54.6 Å². The number of aliphatic hydroxyl groups is 1. The number of hydrogen-bond acceptors (Lipinski definition) is 15. The largest absolute Gasteiger partial charge is 0.497 e. The van der Waals surface area contributed by atoms with Crippen LogP contribution in [-0.2, 0) is 98.4 Å². The predicted octanol–water partition coefficient (Wildman–Crippen LogP) is 11.7. The summed E-state index contributed by atoms with van der Waals surface area (Å²) in [6, 6.07) is 63.7. The van der Waals surface area contributed by atoms with Gasteiger partial charge in [0, 0.05) is 9.82 Å². The van der Waals surface area contributed by atoms with Gasteiger partial charge >= 0.3 is 0 Å². The Balaban J connectivity index is 0.992. The Kier molecular flexibility index (Phi) is 23.1. The average Bonchev–Trinajstić information content (AvgIpc) is 1.86. The third-order valence-corrected chi connectivity index (χ3v) is 15.3. The molecule has 86 heavy (non-hydrogen) atoms. The molecule has 448 valence electrons. The Hall–Kier alpha value is -7.52. The summed E-state index contributed by atoms with van der Waals surface area (Å²) in [5, 5.41) is 21.4. The Morgan fingerprint density at radius 3 is 1.23 bits per heavy atom. The molecule has 0 bridgehead atoms. The van der Waals surface area contributed by atoms with Crippen LogP contribution < -0.4 is 4.74 Å². The van der Waals surface area contributed by atoms with Gasteiger partial charge in [-0.25, -0.2) is 0 Å². The van der Waals surface area contributed by atoms with Gasteiger partial charge in [0.05, 0.1) is 90.9 Å². The van der Waals surface area contributed by atoms with Crippen molar-refractivity contribution in [1.82, 2.24) is 0 Å². The summed E-state index contributed by atoms with van der Waals surface area (Å²) in [6.07, 6.45) is -13.3. The van der Waals surface area contributed by atoms with Crippen molar-refractivity contribution in [2.24, 2.45) is 10.2 Å². The summed E-state index contributed by atoms with van der Waals surface area (Å²) in [7, 11) is 1.61. The van der Waals surface area contributed by atoms with Crippen LogP contribution >= 0.6 is 0 Å². The Bertz CT molecular complexity index is 3180. The van der Waals surface area contributed by atoms with Gasteiger partial charge in [-0.1, -0.05) is 204 Å². The number of nitrogens with zero attached hydrogens (tertiary/aromatic N) is 6. The Morgan fingerprint density at radius 2 is 0.802 bits per heavy atom. The predicted molar refractivity (Wildman–Crippen MR) is 317 cm³/mol. The third-order valence-electron chi connectivity index (χ3n) is 15.3. The van der Waals surface area contributed by atoms with Gasteiger partial charge in [-0.2, -0.15) is 0 Å². The van der Waals surface area contributed by atoms with E-state index in [1.54, 1.807) is 7.11 Å². The number of aliphatic hydroxyl groups excluding tert-OH is 1. The molecule has 0 spiro atoms. The summed E-state index contributed by atoms with van der Waals surface area (Å²) < 4.78 is 80.7. The molecule has 2 aliphatic heterocycles. The first kappa shape index (κ1) is 61.6. The molecule has 19 nitrogen and oxygen atoms in total. The van der Waals surface area contributed by atoms with E-state index >= 15 is 0 Å². The van der Waals surface area contributed by atoms with Crippen LogP contribution in [-0.4, -0.2) is 111 Å². The van der Waals surface area contributed by atoms with Crippen molar-refractivity contribution in [3.05, 3.63) is 266 Å². The van der Waals surface area contributed by atoms with Crippen molar-refractivity contribution in [2.75, 3.05) is 20.3 Å². The second-order valence-corrected chi connectivity index (χ2v) is 21.2. The van der Waals surface area contributed by atoms with Crippen LogP contribution in [0.15, 0.2) is 216 Å². The fourth-order valence-electron chi connectivity index (χ4n) is 10.9. The minimum Gasteiger partial charge on any atom is -0.497 e. The molecular weight excluding hydrogens is 1100 g/mol. The third kappa shape index (κ3) is 17.1. The second kappa shape index (κ2) is 32.3. The zero-order chi connectivity index (χ0) is 59.1. The van der Waals surface area contributed by atoms with Crippen molar-refractivity contribution in [3.8, 4) is 5.75 Å². The molecule has 0 aromatic heterocycles. The van der Waals surface area contributed by atoms with E-state index < -0.39 is 85.7 Å². The minimum atomic E-state index is -1.68. The number of rotatable bonds is 29. The van der Waals surface area contributed by atoms with Crippen molar-refractivity contribution in [2.45, 2.75) is 138 Å². The smallest absolute Gasteiger partial charge is 0.187 e. The van der Waals surface area contributed by atoms with Crippen LogP contribution in [0, 0.1) is 0 Å². The van der Waals surface area contributed by atoms with Crippen LogP contribution in [0.25, 0.3) is 20.9 Å². The zero-order valence-electron chi connectivity index (χ0n) is 47.8. The molecule has 2 saturated heterocycles. The molecule has 14 atom stereocenters. The van der Waals surface area contributed by atoms with E-state index in [0.29, 0.717) is 5.75 Å². The SMILES string of the molecule is COc1ccc(COC[C@H]2O[C@H](O[C@H]3[C@H](O)[C@@H](O[C@H]4OC[C@@H](OCc5ccccc5)[C@H](OCc5ccccc5)[C@H]4OCc4ccccc4)[C@H](N=[N+]=[N-])C[C@@H]3N=[N+]=[N-])[C@H](OCc3ccccc3)[C@@H](OCc3ccccc3)[C@@H]2OCc2ccccc2)cc1. The maximum Gasteiger partial charge on any atom is 0.187 e. The highest BCUT2D eigenvalue weighted by Gasteiger charge is 2.55. The molecule has 19 heteroatoms. The first-order valence-electron chi connectivity index (χ1n) is 28.9.